The number of carbonyl (C=O) groups is 1. The van der Waals surface area contributed by atoms with E-state index in [0.29, 0.717) is 32.1 Å². The maximum absolute atomic E-state index is 12.8. The molecule has 1 aliphatic rings. The summed E-state index contributed by atoms with van der Waals surface area (Å²) in [5.74, 6) is 0.272. The normalized spacial score (nSPS) is 16.6. The second kappa shape index (κ2) is 7.98. The zero-order chi connectivity index (χ0) is 20.4. The van der Waals surface area contributed by atoms with Gasteiger partial charge in [0.15, 0.2) is 0 Å². The zero-order valence-electron chi connectivity index (χ0n) is 16.0. The van der Waals surface area contributed by atoms with Crippen LogP contribution in [0, 0.1) is 0 Å². The Morgan fingerprint density at radius 3 is 2.59 bits per heavy atom. The molecule has 1 N–H and O–H groups in total. The molecule has 0 saturated carbocycles. The number of morpholine rings is 1. The third kappa shape index (κ3) is 4.05. The molecule has 152 valence electrons. The van der Waals surface area contributed by atoms with E-state index in [1.807, 2.05) is 37.3 Å². The quantitative estimate of drug-likeness (QED) is 0.693. The molecule has 0 unspecified atom stereocenters. The van der Waals surface area contributed by atoms with Gasteiger partial charge in [0.2, 0.25) is 10.0 Å². The van der Waals surface area contributed by atoms with Gasteiger partial charge in [0, 0.05) is 24.0 Å². The Morgan fingerprint density at radius 2 is 1.83 bits per heavy atom. The molecule has 1 aliphatic heterocycles. The fourth-order valence-electron chi connectivity index (χ4n) is 3.30. The molecule has 2 aromatic carbocycles. The van der Waals surface area contributed by atoms with Crippen molar-refractivity contribution in [3.05, 3.63) is 65.9 Å². The molecule has 1 aromatic heterocycles. The number of ether oxygens (including phenoxy) is 1. The lowest BCUT2D eigenvalue weighted by Crippen LogP contribution is -2.40. The molecule has 0 radical (unpaired) electrons. The van der Waals surface area contributed by atoms with Crippen molar-refractivity contribution < 1.29 is 22.4 Å². The molecule has 7 nitrogen and oxygen atoms in total. The van der Waals surface area contributed by atoms with Gasteiger partial charge in [0.25, 0.3) is 5.91 Å². The number of fused-ring (bicyclic) bond motifs is 1. The zero-order valence-corrected chi connectivity index (χ0v) is 16.8. The SMILES string of the molecule is C[C@@H](NC(=O)c1cccc(S(=O)(=O)N2CCOCC2)c1)c1cc2ccccc2o1. The Hall–Kier alpha value is -2.68. The summed E-state index contributed by atoms with van der Waals surface area (Å²) in [5, 5.41) is 3.83. The van der Waals surface area contributed by atoms with Crippen molar-refractivity contribution in [2.75, 3.05) is 26.3 Å². The molecule has 1 amide bonds. The lowest BCUT2D eigenvalue weighted by atomic mass is 10.1. The van der Waals surface area contributed by atoms with Crippen molar-refractivity contribution in [1.29, 1.82) is 0 Å². The van der Waals surface area contributed by atoms with Crippen LogP contribution >= 0.6 is 0 Å². The number of benzene rings is 2. The number of hydrogen-bond donors (Lipinski definition) is 1. The van der Waals surface area contributed by atoms with Gasteiger partial charge in [-0.25, -0.2) is 8.42 Å². The van der Waals surface area contributed by atoms with Gasteiger partial charge in [0.1, 0.15) is 11.3 Å². The Balaban J connectivity index is 1.52. The molecule has 3 aromatic rings. The third-order valence-corrected chi connectivity index (χ3v) is 6.82. The van der Waals surface area contributed by atoms with Crippen LogP contribution in [0.25, 0.3) is 11.0 Å². The maximum atomic E-state index is 12.8. The van der Waals surface area contributed by atoms with Gasteiger partial charge in [-0.15, -0.1) is 0 Å². The first-order valence-electron chi connectivity index (χ1n) is 9.42. The van der Waals surface area contributed by atoms with E-state index in [1.165, 1.54) is 16.4 Å². The molecule has 0 aliphatic carbocycles. The van der Waals surface area contributed by atoms with Crippen molar-refractivity contribution in [2.45, 2.75) is 17.9 Å². The minimum atomic E-state index is -3.66. The average Bonchev–Trinajstić information content (AvgIpc) is 3.19. The number of nitrogens with one attached hydrogen (secondary N) is 1. The number of carbonyl (C=O) groups excluding carboxylic acids is 1. The second-order valence-corrected chi connectivity index (χ2v) is 8.86. The predicted molar refractivity (Wildman–Crippen MR) is 108 cm³/mol. The molecule has 1 fully saturated rings. The summed E-state index contributed by atoms with van der Waals surface area (Å²) in [5.41, 5.74) is 1.03. The van der Waals surface area contributed by atoms with Crippen LogP contribution in [0.15, 0.2) is 63.9 Å². The van der Waals surface area contributed by atoms with Crippen molar-refractivity contribution in [3.63, 3.8) is 0 Å². The Bertz CT molecular complexity index is 1100. The van der Waals surface area contributed by atoms with Crippen molar-refractivity contribution in [3.8, 4) is 0 Å². The molecule has 29 heavy (non-hydrogen) atoms. The van der Waals surface area contributed by atoms with Gasteiger partial charge in [-0.1, -0.05) is 24.3 Å². The third-order valence-electron chi connectivity index (χ3n) is 4.92. The summed E-state index contributed by atoms with van der Waals surface area (Å²) < 4.78 is 38.1. The average molecular weight is 414 g/mol. The summed E-state index contributed by atoms with van der Waals surface area (Å²) >= 11 is 0. The Kier molecular flexibility index (Phi) is 5.40. The van der Waals surface area contributed by atoms with E-state index in [2.05, 4.69) is 5.32 Å². The molecule has 0 spiro atoms. The highest BCUT2D eigenvalue weighted by Gasteiger charge is 2.27. The Morgan fingerprint density at radius 1 is 1.07 bits per heavy atom. The fraction of sp³-hybridized carbons (Fsp3) is 0.286. The number of nitrogens with zero attached hydrogens (tertiary/aromatic N) is 1. The smallest absolute Gasteiger partial charge is 0.251 e. The number of hydrogen-bond acceptors (Lipinski definition) is 5. The maximum Gasteiger partial charge on any atom is 0.251 e. The topological polar surface area (TPSA) is 88.9 Å². The predicted octanol–water partition coefficient (Wildman–Crippen LogP) is 2.94. The number of furan rings is 1. The number of para-hydroxylation sites is 1. The van der Waals surface area contributed by atoms with Gasteiger partial charge in [-0.05, 0) is 37.3 Å². The molecule has 4 rings (SSSR count). The van der Waals surface area contributed by atoms with E-state index < -0.39 is 10.0 Å². The van der Waals surface area contributed by atoms with E-state index in [0.717, 1.165) is 11.0 Å². The van der Waals surface area contributed by atoms with Crippen LogP contribution in [0.3, 0.4) is 0 Å². The van der Waals surface area contributed by atoms with Crippen LogP contribution in [-0.4, -0.2) is 44.9 Å². The highest BCUT2D eigenvalue weighted by molar-refractivity contribution is 7.89. The van der Waals surface area contributed by atoms with Crippen LogP contribution in [-0.2, 0) is 14.8 Å². The number of sulfonamides is 1. The molecule has 1 saturated heterocycles. The largest absolute Gasteiger partial charge is 0.459 e. The van der Waals surface area contributed by atoms with Crippen LogP contribution in [0.2, 0.25) is 0 Å². The second-order valence-electron chi connectivity index (χ2n) is 6.93. The molecular weight excluding hydrogens is 392 g/mol. The van der Waals surface area contributed by atoms with Crippen molar-refractivity contribution in [1.82, 2.24) is 9.62 Å². The van der Waals surface area contributed by atoms with E-state index in [-0.39, 0.29) is 22.4 Å². The fourth-order valence-corrected chi connectivity index (χ4v) is 4.76. The minimum absolute atomic E-state index is 0.100. The molecule has 2 heterocycles. The van der Waals surface area contributed by atoms with Gasteiger partial charge < -0.3 is 14.5 Å². The van der Waals surface area contributed by atoms with Crippen molar-refractivity contribution in [2.24, 2.45) is 0 Å². The number of rotatable bonds is 5. The highest BCUT2D eigenvalue weighted by atomic mass is 32.2. The number of amides is 1. The summed E-state index contributed by atoms with van der Waals surface area (Å²) in [7, 11) is -3.66. The van der Waals surface area contributed by atoms with E-state index >= 15 is 0 Å². The minimum Gasteiger partial charge on any atom is -0.459 e. The lowest BCUT2D eigenvalue weighted by Gasteiger charge is -2.26. The van der Waals surface area contributed by atoms with Gasteiger partial charge in [0.05, 0.1) is 24.2 Å². The lowest BCUT2D eigenvalue weighted by molar-refractivity contribution is 0.0730. The molecular formula is C21H22N2O5S. The van der Waals surface area contributed by atoms with Crippen LogP contribution in [0.5, 0.6) is 0 Å². The van der Waals surface area contributed by atoms with Crippen LogP contribution in [0.1, 0.15) is 29.1 Å². The molecule has 1 atom stereocenters. The van der Waals surface area contributed by atoms with E-state index in [4.69, 9.17) is 9.15 Å². The van der Waals surface area contributed by atoms with E-state index in [9.17, 15) is 13.2 Å². The summed E-state index contributed by atoms with van der Waals surface area (Å²) in [6.45, 7) is 3.18. The first-order valence-corrected chi connectivity index (χ1v) is 10.9. The van der Waals surface area contributed by atoms with Crippen LogP contribution in [0.4, 0.5) is 0 Å². The van der Waals surface area contributed by atoms with Gasteiger partial charge in [-0.2, -0.15) is 4.31 Å². The van der Waals surface area contributed by atoms with Gasteiger partial charge in [-0.3, -0.25) is 4.79 Å². The summed E-state index contributed by atoms with van der Waals surface area (Å²) in [4.78, 5) is 12.8. The highest BCUT2D eigenvalue weighted by Crippen LogP contribution is 2.24. The first-order chi connectivity index (χ1) is 13.9. The first kappa shape index (κ1) is 19.6. The molecule has 0 bridgehead atoms. The Labute approximate surface area is 169 Å². The standard InChI is InChI=1S/C21H22N2O5S/c1-15(20-14-16-5-2-3-8-19(16)28-20)22-21(24)17-6-4-7-18(13-17)29(25,26)23-9-11-27-12-10-23/h2-8,13-15H,9-12H2,1H3,(H,22,24)/t15-/m1/s1. The van der Waals surface area contributed by atoms with Crippen molar-refractivity contribution >= 4 is 26.9 Å². The molecule has 8 heteroatoms. The van der Waals surface area contributed by atoms with Gasteiger partial charge >= 0.3 is 0 Å². The van der Waals surface area contributed by atoms with Crippen LogP contribution < -0.4 is 5.32 Å². The summed E-state index contributed by atoms with van der Waals surface area (Å²) in [6.07, 6.45) is 0. The monoisotopic (exact) mass is 414 g/mol. The summed E-state index contributed by atoms with van der Waals surface area (Å²) in [6, 6.07) is 15.2. The van der Waals surface area contributed by atoms with E-state index in [1.54, 1.807) is 12.1 Å².